The summed E-state index contributed by atoms with van der Waals surface area (Å²) in [5.74, 6) is -0.946. The molecule has 2 amide bonds. The van der Waals surface area contributed by atoms with Crippen molar-refractivity contribution in [2.24, 2.45) is 5.92 Å². The molecule has 10 nitrogen and oxygen atoms in total. The van der Waals surface area contributed by atoms with Crippen LogP contribution < -0.4 is 9.80 Å². The van der Waals surface area contributed by atoms with Crippen LogP contribution in [0, 0.1) is 16.0 Å². The molecule has 1 fully saturated rings. The number of anilines is 3. The van der Waals surface area contributed by atoms with Crippen molar-refractivity contribution in [1.82, 2.24) is 0 Å². The lowest BCUT2D eigenvalue weighted by molar-refractivity contribution is -0.385. The summed E-state index contributed by atoms with van der Waals surface area (Å²) in [5, 5.41) is 23.5. The van der Waals surface area contributed by atoms with Crippen LogP contribution in [-0.4, -0.2) is 47.7 Å². The zero-order valence-corrected chi connectivity index (χ0v) is 26.1. The second-order valence-electron chi connectivity index (χ2n) is 12.7. The van der Waals surface area contributed by atoms with Crippen LogP contribution in [0.5, 0.6) is 0 Å². The smallest absolute Gasteiger partial charge is 0.269 e. The average Bonchev–Trinajstić information content (AvgIpc) is 3.56. The minimum absolute atomic E-state index is 0.101. The molecule has 230 valence electrons. The molecule has 0 unspecified atom stereocenters. The lowest BCUT2D eigenvalue weighted by Gasteiger charge is -2.32. The van der Waals surface area contributed by atoms with Gasteiger partial charge in [-0.3, -0.25) is 24.6 Å². The number of aliphatic hydroxyl groups excluding tert-OH is 1. The molecule has 4 aromatic carbocycles. The summed E-state index contributed by atoms with van der Waals surface area (Å²) in [4.78, 5) is 53.8. The average molecular weight is 624 g/mol. The van der Waals surface area contributed by atoms with Crippen LogP contribution in [0.25, 0.3) is 10.8 Å². The molecule has 3 heterocycles. The number of ether oxygens (including phenoxy) is 1. The van der Waals surface area contributed by atoms with Crippen LogP contribution in [0.2, 0.25) is 18.6 Å². The number of aliphatic hydroxyl groups is 1. The fourth-order valence-electron chi connectivity index (χ4n) is 7.84. The van der Waals surface area contributed by atoms with Gasteiger partial charge in [0.1, 0.15) is 0 Å². The van der Waals surface area contributed by atoms with Gasteiger partial charge in [-0.05, 0) is 60.8 Å². The van der Waals surface area contributed by atoms with E-state index in [1.807, 2.05) is 67.6 Å². The maximum Gasteiger partial charge on any atom is 0.269 e. The van der Waals surface area contributed by atoms with Crippen LogP contribution in [0.4, 0.5) is 22.7 Å². The van der Waals surface area contributed by atoms with Crippen molar-refractivity contribution < 1.29 is 29.2 Å². The number of non-ortho nitro benzene ring substituents is 1. The Morgan fingerprint density at radius 1 is 1.00 bits per heavy atom. The topological polar surface area (TPSA) is 133 Å². The number of amides is 2. The van der Waals surface area contributed by atoms with E-state index >= 15 is 0 Å². The minimum Gasteiger partial charge on any atom is -0.432 e. The third-order valence-corrected chi connectivity index (χ3v) is 12.2. The molecule has 1 spiro atoms. The highest BCUT2D eigenvalue weighted by Gasteiger charge is 2.66. The third kappa shape index (κ3) is 4.26. The number of carbonyl (C=O) groups is 2. The second kappa shape index (κ2) is 10.3. The largest absolute Gasteiger partial charge is 0.432 e. The van der Waals surface area contributed by atoms with Crippen molar-refractivity contribution in [1.29, 1.82) is 0 Å². The molecule has 0 saturated carbocycles. The number of nitrogens with zero attached hydrogens (tertiary/aromatic N) is 3. The van der Waals surface area contributed by atoms with Gasteiger partial charge in [-0.1, -0.05) is 43.3 Å². The Hall–Kier alpha value is -4.42. The van der Waals surface area contributed by atoms with Crippen molar-refractivity contribution in [2.45, 2.75) is 50.2 Å². The van der Waals surface area contributed by atoms with Gasteiger partial charge in [0.25, 0.3) is 17.5 Å². The third-order valence-electron chi connectivity index (χ3n) is 9.68. The number of benzene rings is 4. The molecule has 7 rings (SSSR count). The predicted octanol–water partition coefficient (Wildman–Crippen LogP) is 5.77. The first-order valence-corrected chi connectivity index (χ1v) is 18.1. The summed E-state index contributed by atoms with van der Waals surface area (Å²) in [7, 11) is -2.90. The predicted molar refractivity (Wildman–Crippen MR) is 172 cm³/mol. The molecular formula is C34H33N3O7Si. The van der Waals surface area contributed by atoms with E-state index in [2.05, 4.69) is 0 Å². The maximum atomic E-state index is 14.5. The van der Waals surface area contributed by atoms with Gasteiger partial charge in [-0.15, -0.1) is 0 Å². The van der Waals surface area contributed by atoms with E-state index in [1.165, 1.54) is 12.1 Å². The van der Waals surface area contributed by atoms with E-state index in [0.29, 0.717) is 22.5 Å². The lowest BCUT2D eigenvalue weighted by Crippen LogP contribution is -2.46. The van der Waals surface area contributed by atoms with Gasteiger partial charge in [0.2, 0.25) is 0 Å². The normalized spacial score (nSPS) is 23.9. The van der Waals surface area contributed by atoms with Gasteiger partial charge in [0.05, 0.1) is 34.5 Å². The van der Waals surface area contributed by atoms with E-state index in [0.717, 1.165) is 22.0 Å². The molecule has 0 radical (unpaired) electrons. The highest BCUT2D eigenvalue weighted by Crippen LogP contribution is 2.60. The quantitative estimate of drug-likeness (QED) is 0.152. The van der Waals surface area contributed by atoms with Crippen LogP contribution in [0.1, 0.15) is 34.8 Å². The summed E-state index contributed by atoms with van der Waals surface area (Å²) < 4.78 is 6.56. The van der Waals surface area contributed by atoms with E-state index in [9.17, 15) is 29.6 Å². The summed E-state index contributed by atoms with van der Waals surface area (Å²) in [6.45, 7) is 5.42. The number of rotatable bonds is 7. The van der Waals surface area contributed by atoms with Crippen LogP contribution in [-0.2, 0) is 21.7 Å². The van der Waals surface area contributed by atoms with Gasteiger partial charge in [0.15, 0.2) is 13.9 Å². The number of fused-ring (bicyclic) bond motifs is 2. The summed E-state index contributed by atoms with van der Waals surface area (Å²) >= 11 is 0. The van der Waals surface area contributed by atoms with Crippen molar-refractivity contribution >= 4 is 53.7 Å². The number of carbonyl (C=O) groups excluding carboxylic acids is 2. The standard InChI is InChI=1S/C34H33N3O7Si/c1-20-31(45(2,3)43)29(16-17-38)44-34(20)26-18-24(37(41)42)14-15-27(26)35(33(34)40)19-21-10-12-23(13-11-21)36-28-9-5-7-22-6-4-8-25(30(22)28)32(36)39/h4-15,18,20,29,31,38,43H,16-17,19H2,1-3H3/t20-,29+,31-,34+/m0/s1. The first-order chi connectivity index (χ1) is 21.5. The maximum absolute atomic E-state index is 14.5. The molecular weight excluding hydrogens is 590 g/mol. The highest BCUT2D eigenvalue weighted by molar-refractivity contribution is 6.71. The lowest BCUT2D eigenvalue weighted by atomic mass is 9.82. The number of nitro groups is 1. The Morgan fingerprint density at radius 2 is 1.71 bits per heavy atom. The zero-order valence-electron chi connectivity index (χ0n) is 25.1. The van der Waals surface area contributed by atoms with Gasteiger partial charge >= 0.3 is 0 Å². The molecule has 45 heavy (non-hydrogen) atoms. The van der Waals surface area contributed by atoms with E-state index in [1.54, 1.807) is 29.0 Å². The van der Waals surface area contributed by atoms with Gasteiger partial charge in [0, 0.05) is 46.8 Å². The highest BCUT2D eigenvalue weighted by atomic mass is 28.4. The minimum atomic E-state index is -2.90. The second-order valence-corrected chi connectivity index (χ2v) is 16.7. The number of hydrogen-bond acceptors (Lipinski definition) is 7. The molecule has 11 heteroatoms. The van der Waals surface area contributed by atoms with Crippen molar-refractivity contribution in [3.63, 3.8) is 0 Å². The monoisotopic (exact) mass is 623 g/mol. The first kappa shape index (κ1) is 29.3. The van der Waals surface area contributed by atoms with E-state index < -0.39 is 30.9 Å². The molecule has 0 bridgehead atoms. The number of nitro benzene ring substituents is 1. The Labute approximate surface area is 260 Å². The Morgan fingerprint density at radius 3 is 2.38 bits per heavy atom. The molecule has 4 atom stereocenters. The summed E-state index contributed by atoms with van der Waals surface area (Å²) in [6, 6.07) is 23.4. The molecule has 3 aliphatic heterocycles. The summed E-state index contributed by atoms with van der Waals surface area (Å²) in [6.07, 6.45) is -0.349. The van der Waals surface area contributed by atoms with Gasteiger partial charge < -0.3 is 19.5 Å². The molecule has 2 N–H and O–H groups in total. The van der Waals surface area contributed by atoms with E-state index in [4.69, 9.17) is 4.74 Å². The van der Waals surface area contributed by atoms with E-state index in [-0.39, 0.29) is 42.6 Å². The van der Waals surface area contributed by atoms with Gasteiger partial charge in [-0.25, -0.2) is 0 Å². The molecule has 4 aromatic rings. The Balaban J connectivity index is 1.25. The van der Waals surface area contributed by atoms with Crippen molar-refractivity contribution in [3.05, 3.63) is 106 Å². The molecule has 0 aromatic heterocycles. The number of hydrogen-bond donors (Lipinski definition) is 2. The van der Waals surface area contributed by atoms with Crippen molar-refractivity contribution in [3.8, 4) is 0 Å². The molecule has 3 aliphatic rings. The van der Waals surface area contributed by atoms with Crippen LogP contribution in [0.3, 0.4) is 0 Å². The van der Waals surface area contributed by atoms with Crippen LogP contribution in [0.15, 0.2) is 78.9 Å². The SMILES string of the molecule is C[C@H]1[C@H]([Si](C)(C)O)[C@@H](CCO)O[C@]12C(=O)N(Cc1ccc(N3C(=O)c4cccc5cccc3c45)cc1)c1ccc([N+](=O)[O-])cc12. The summed E-state index contributed by atoms with van der Waals surface area (Å²) in [5.41, 5.74) is 1.81. The molecule has 1 saturated heterocycles. The fraction of sp³-hybridized carbons (Fsp3) is 0.294. The van der Waals surface area contributed by atoms with Crippen molar-refractivity contribution in [2.75, 3.05) is 16.4 Å². The Kier molecular flexibility index (Phi) is 6.71. The zero-order chi connectivity index (χ0) is 31.8. The van der Waals surface area contributed by atoms with Gasteiger partial charge in [-0.2, -0.15) is 0 Å². The molecule has 0 aliphatic carbocycles. The Bertz CT molecular complexity index is 1880. The fourth-order valence-corrected chi connectivity index (χ4v) is 10.4. The first-order valence-electron chi connectivity index (χ1n) is 15.0. The van der Waals surface area contributed by atoms with Crippen LogP contribution >= 0.6 is 0 Å².